The molecule has 25 heavy (non-hydrogen) atoms. The number of oxime groups is 2. The molecule has 0 aliphatic carbocycles. The highest BCUT2D eigenvalue weighted by Gasteiger charge is 2.03. The second-order valence-corrected chi connectivity index (χ2v) is 5.50. The fourth-order valence-corrected chi connectivity index (χ4v) is 2.13. The largest absolute Gasteiger partial charge is 0.399 e. The van der Waals surface area contributed by atoms with Crippen LogP contribution in [0.25, 0.3) is 0 Å². The van der Waals surface area contributed by atoms with Crippen molar-refractivity contribution in [2.75, 3.05) is 13.7 Å². The lowest BCUT2D eigenvalue weighted by molar-refractivity contribution is 0.143. The summed E-state index contributed by atoms with van der Waals surface area (Å²) in [4.78, 5) is 18.2. The Hall–Kier alpha value is -2.54. The van der Waals surface area contributed by atoms with E-state index < -0.39 is 5.82 Å². The maximum atomic E-state index is 13.5. The van der Waals surface area contributed by atoms with E-state index in [2.05, 4.69) is 20.3 Å². The van der Waals surface area contributed by atoms with Gasteiger partial charge in [-0.05, 0) is 38.0 Å². The zero-order chi connectivity index (χ0) is 18.1. The van der Waals surface area contributed by atoms with E-state index in [1.807, 2.05) is 25.1 Å². The van der Waals surface area contributed by atoms with Crippen LogP contribution in [0.1, 0.15) is 30.4 Å². The fraction of sp³-hybridized carbons (Fsp3) is 0.294. The average molecular weight is 365 g/mol. The highest BCUT2D eigenvalue weighted by atomic mass is 35.5. The number of hydrogen-bond donors (Lipinski definition) is 0. The van der Waals surface area contributed by atoms with Crippen molar-refractivity contribution < 1.29 is 14.1 Å². The van der Waals surface area contributed by atoms with Gasteiger partial charge in [0.15, 0.2) is 5.82 Å². The molecule has 132 valence electrons. The summed E-state index contributed by atoms with van der Waals surface area (Å²) in [5.41, 5.74) is 2.47. The van der Waals surface area contributed by atoms with Crippen molar-refractivity contribution >= 4 is 23.5 Å². The molecule has 0 atom stereocenters. The van der Waals surface area contributed by atoms with Crippen molar-refractivity contribution in [3.05, 3.63) is 58.4 Å². The van der Waals surface area contributed by atoms with Crippen molar-refractivity contribution in [3.8, 4) is 0 Å². The second kappa shape index (κ2) is 9.68. The summed E-state index contributed by atoms with van der Waals surface area (Å²) in [5.74, 6) is -0.547. The lowest BCUT2D eigenvalue weighted by atomic mass is 10.2. The van der Waals surface area contributed by atoms with Gasteiger partial charge < -0.3 is 9.68 Å². The molecule has 0 aromatic carbocycles. The van der Waals surface area contributed by atoms with Crippen molar-refractivity contribution in [2.45, 2.75) is 19.8 Å². The van der Waals surface area contributed by atoms with Crippen LogP contribution < -0.4 is 0 Å². The van der Waals surface area contributed by atoms with Gasteiger partial charge in [-0.15, -0.1) is 0 Å². The first-order chi connectivity index (χ1) is 12.1. The molecule has 0 radical (unpaired) electrons. The number of halogens is 2. The molecular weight excluding hydrogens is 347 g/mol. The van der Waals surface area contributed by atoms with Gasteiger partial charge in [-0.2, -0.15) is 0 Å². The van der Waals surface area contributed by atoms with Crippen molar-refractivity contribution in [1.29, 1.82) is 0 Å². The van der Waals surface area contributed by atoms with Crippen LogP contribution in [-0.2, 0) is 16.1 Å². The minimum absolute atomic E-state index is 0.0756. The van der Waals surface area contributed by atoms with Crippen LogP contribution in [0.4, 0.5) is 4.39 Å². The third-order valence-electron chi connectivity index (χ3n) is 3.16. The summed E-state index contributed by atoms with van der Waals surface area (Å²) in [6.07, 6.45) is 4.00. The van der Waals surface area contributed by atoms with E-state index in [1.54, 1.807) is 0 Å². The van der Waals surface area contributed by atoms with Gasteiger partial charge in [0.05, 0.1) is 16.9 Å². The predicted molar refractivity (Wildman–Crippen MR) is 94.5 cm³/mol. The lowest BCUT2D eigenvalue weighted by Gasteiger charge is -2.04. The molecule has 0 unspecified atom stereocenters. The normalized spacial score (nSPS) is 11.8. The molecule has 0 fully saturated rings. The Morgan fingerprint density at radius 3 is 3.00 bits per heavy atom. The quantitative estimate of drug-likeness (QED) is 0.407. The van der Waals surface area contributed by atoms with E-state index in [4.69, 9.17) is 21.3 Å². The first-order valence-corrected chi connectivity index (χ1v) is 7.98. The minimum atomic E-state index is -0.547. The van der Waals surface area contributed by atoms with Gasteiger partial charge in [-0.1, -0.05) is 28.0 Å². The van der Waals surface area contributed by atoms with Crippen LogP contribution in [0, 0.1) is 5.82 Å². The molecule has 0 aliphatic rings. The maximum Gasteiger partial charge on any atom is 0.152 e. The van der Waals surface area contributed by atoms with E-state index in [9.17, 15) is 4.39 Å². The van der Waals surface area contributed by atoms with Crippen LogP contribution in [0.2, 0.25) is 5.02 Å². The van der Waals surface area contributed by atoms with Gasteiger partial charge in [0.1, 0.15) is 25.1 Å². The molecular formula is C17H18ClFN4O2. The molecule has 0 amide bonds. The SMILES string of the molecule is CON=C(C)c1cccc(CCCON=Cc2ncc(Cl)cc2F)n1. The number of pyridine rings is 2. The van der Waals surface area contributed by atoms with Crippen LogP contribution in [0.5, 0.6) is 0 Å². The first-order valence-electron chi connectivity index (χ1n) is 7.60. The Bertz CT molecular complexity index is 768. The number of aromatic nitrogens is 2. The molecule has 6 nitrogen and oxygen atoms in total. The maximum absolute atomic E-state index is 13.5. The van der Waals surface area contributed by atoms with Crippen molar-refractivity contribution in [3.63, 3.8) is 0 Å². The molecule has 2 aromatic rings. The monoisotopic (exact) mass is 364 g/mol. The summed E-state index contributed by atoms with van der Waals surface area (Å²) in [7, 11) is 1.50. The van der Waals surface area contributed by atoms with Gasteiger partial charge in [-0.3, -0.25) is 9.97 Å². The molecule has 0 saturated heterocycles. The summed E-state index contributed by atoms with van der Waals surface area (Å²) in [6.45, 7) is 2.21. The lowest BCUT2D eigenvalue weighted by Crippen LogP contribution is -2.03. The van der Waals surface area contributed by atoms with E-state index in [0.717, 1.165) is 17.8 Å². The third-order valence-corrected chi connectivity index (χ3v) is 3.37. The number of aryl methyl sites for hydroxylation is 1. The van der Waals surface area contributed by atoms with Gasteiger partial charge in [-0.25, -0.2) is 4.39 Å². The van der Waals surface area contributed by atoms with E-state index in [-0.39, 0.29) is 10.7 Å². The van der Waals surface area contributed by atoms with Crippen LogP contribution in [-0.4, -0.2) is 35.6 Å². The minimum Gasteiger partial charge on any atom is -0.399 e. The van der Waals surface area contributed by atoms with Crippen molar-refractivity contribution in [1.82, 2.24) is 9.97 Å². The molecule has 0 aliphatic heterocycles. The molecule has 0 N–H and O–H groups in total. The molecule has 0 spiro atoms. The highest BCUT2D eigenvalue weighted by Crippen LogP contribution is 2.10. The van der Waals surface area contributed by atoms with E-state index in [1.165, 1.54) is 25.6 Å². The number of hydrogen-bond acceptors (Lipinski definition) is 6. The summed E-state index contributed by atoms with van der Waals surface area (Å²) < 4.78 is 13.5. The van der Waals surface area contributed by atoms with E-state index in [0.29, 0.717) is 18.7 Å². The zero-order valence-corrected chi connectivity index (χ0v) is 14.7. The topological polar surface area (TPSA) is 69.0 Å². The molecule has 2 aromatic heterocycles. The Labute approximate surface area is 150 Å². The smallest absolute Gasteiger partial charge is 0.152 e. The molecule has 2 heterocycles. The molecule has 2 rings (SSSR count). The molecule has 8 heteroatoms. The Kier molecular flexibility index (Phi) is 7.28. The fourth-order valence-electron chi connectivity index (χ4n) is 1.98. The Morgan fingerprint density at radius 1 is 1.40 bits per heavy atom. The first kappa shape index (κ1) is 18.8. The van der Waals surface area contributed by atoms with E-state index >= 15 is 0 Å². The van der Waals surface area contributed by atoms with Crippen LogP contribution in [0.15, 0.2) is 40.8 Å². The van der Waals surface area contributed by atoms with Gasteiger partial charge in [0.25, 0.3) is 0 Å². The molecule has 0 bridgehead atoms. The zero-order valence-electron chi connectivity index (χ0n) is 13.9. The predicted octanol–water partition coefficient (Wildman–Crippen LogP) is 3.62. The van der Waals surface area contributed by atoms with Gasteiger partial charge >= 0.3 is 0 Å². The average Bonchev–Trinajstić information content (AvgIpc) is 2.60. The number of rotatable bonds is 8. The third kappa shape index (κ3) is 6.11. The van der Waals surface area contributed by atoms with Crippen molar-refractivity contribution in [2.24, 2.45) is 10.3 Å². The Balaban J connectivity index is 1.79. The number of nitrogens with zero attached hydrogens (tertiary/aromatic N) is 4. The summed E-state index contributed by atoms with van der Waals surface area (Å²) >= 11 is 5.63. The summed E-state index contributed by atoms with van der Waals surface area (Å²) in [5, 5.41) is 7.80. The second-order valence-electron chi connectivity index (χ2n) is 5.07. The van der Waals surface area contributed by atoms with Gasteiger partial charge in [0, 0.05) is 11.9 Å². The highest BCUT2D eigenvalue weighted by molar-refractivity contribution is 6.30. The Morgan fingerprint density at radius 2 is 2.24 bits per heavy atom. The van der Waals surface area contributed by atoms with Crippen LogP contribution in [0.3, 0.4) is 0 Å². The summed E-state index contributed by atoms with van der Waals surface area (Å²) in [6, 6.07) is 6.89. The molecule has 0 saturated carbocycles. The standard InChI is InChI=1S/C17H18ClFN4O2/c1-12(23-24-2)16-7-3-5-14(22-16)6-4-8-25-21-11-17-15(19)9-13(18)10-20-17/h3,5,7,9-11H,4,6,8H2,1-2H3. The van der Waals surface area contributed by atoms with Crippen LogP contribution >= 0.6 is 11.6 Å². The van der Waals surface area contributed by atoms with Gasteiger partial charge in [0.2, 0.25) is 0 Å².